The topological polar surface area (TPSA) is 81.4 Å². The van der Waals surface area contributed by atoms with Crippen molar-refractivity contribution < 1.29 is 14.7 Å². The van der Waals surface area contributed by atoms with Crippen molar-refractivity contribution in [1.82, 2.24) is 4.90 Å². The normalized spacial score (nSPS) is 13.6. The fourth-order valence-electron chi connectivity index (χ4n) is 2.22. The van der Waals surface area contributed by atoms with Gasteiger partial charge >= 0.3 is 5.97 Å². The predicted molar refractivity (Wildman–Crippen MR) is 72.1 cm³/mol. The summed E-state index contributed by atoms with van der Waals surface area (Å²) in [5.41, 5.74) is 0.685. The van der Waals surface area contributed by atoms with Crippen molar-refractivity contribution in [3.8, 4) is 6.07 Å². The zero-order chi connectivity index (χ0) is 14.5. The number of carbonyl (C=O) groups excluding carboxylic acids is 1. The average molecular weight is 272 g/mol. The number of hydrogen-bond acceptors (Lipinski definition) is 3. The van der Waals surface area contributed by atoms with Gasteiger partial charge in [0.05, 0.1) is 24.5 Å². The number of carbonyl (C=O) groups is 2. The molecule has 1 aromatic rings. The summed E-state index contributed by atoms with van der Waals surface area (Å²) in [5.74, 6) is -1.13. The molecular weight excluding hydrogens is 256 g/mol. The summed E-state index contributed by atoms with van der Waals surface area (Å²) in [6, 6.07) is 8.81. The largest absolute Gasteiger partial charge is 0.478 e. The first-order chi connectivity index (χ1) is 9.63. The second kappa shape index (κ2) is 6.20. The Morgan fingerprint density at radius 3 is 2.65 bits per heavy atom. The summed E-state index contributed by atoms with van der Waals surface area (Å²) in [6.07, 6.45) is 2.32. The fraction of sp³-hybridized carbons (Fsp3) is 0.400. The Bertz CT molecular complexity index is 558. The molecule has 20 heavy (non-hydrogen) atoms. The third-order valence-corrected chi connectivity index (χ3v) is 3.36. The number of nitriles is 1. The quantitative estimate of drug-likeness (QED) is 0.856. The van der Waals surface area contributed by atoms with E-state index >= 15 is 0 Å². The maximum Gasteiger partial charge on any atom is 0.335 e. The minimum atomic E-state index is -1.02. The maximum absolute atomic E-state index is 12.3. The van der Waals surface area contributed by atoms with E-state index in [0.29, 0.717) is 18.5 Å². The van der Waals surface area contributed by atoms with Crippen LogP contribution in [-0.2, 0) is 11.2 Å². The average Bonchev–Trinajstić information content (AvgIpc) is 3.24. The van der Waals surface area contributed by atoms with Gasteiger partial charge in [-0.05, 0) is 24.5 Å². The molecule has 1 aromatic carbocycles. The number of amides is 1. The standard InChI is InChI=1S/C15H16N2O3/c16-8-3-9-17(12-6-7-12)14(18)10-11-4-1-2-5-13(11)15(19)20/h1-2,4-5,12H,3,6-7,9-10H2,(H,19,20). The number of nitrogens with zero attached hydrogens (tertiary/aromatic N) is 2. The molecule has 0 bridgehead atoms. The van der Waals surface area contributed by atoms with Crippen LogP contribution < -0.4 is 0 Å². The number of hydrogen-bond donors (Lipinski definition) is 1. The van der Waals surface area contributed by atoms with E-state index in [1.807, 2.05) is 6.07 Å². The lowest BCUT2D eigenvalue weighted by atomic mass is 10.0. The summed E-state index contributed by atoms with van der Waals surface area (Å²) in [4.78, 5) is 25.1. The molecular formula is C15H16N2O3. The van der Waals surface area contributed by atoms with Crippen LogP contribution >= 0.6 is 0 Å². The molecule has 0 radical (unpaired) electrons. The SMILES string of the molecule is N#CCCN(C(=O)Cc1ccccc1C(=O)O)C1CC1. The number of rotatable bonds is 6. The lowest BCUT2D eigenvalue weighted by Crippen LogP contribution is -2.35. The first kappa shape index (κ1) is 14.1. The van der Waals surface area contributed by atoms with Crippen LogP contribution in [-0.4, -0.2) is 34.5 Å². The highest BCUT2D eigenvalue weighted by atomic mass is 16.4. The molecule has 0 aliphatic heterocycles. The first-order valence-corrected chi connectivity index (χ1v) is 6.61. The number of benzene rings is 1. The van der Waals surface area contributed by atoms with Crippen molar-refractivity contribution in [2.75, 3.05) is 6.54 Å². The van der Waals surface area contributed by atoms with Crippen molar-refractivity contribution in [2.45, 2.75) is 31.7 Å². The van der Waals surface area contributed by atoms with E-state index < -0.39 is 5.97 Å². The van der Waals surface area contributed by atoms with E-state index in [2.05, 4.69) is 0 Å². The van der Waals surface area contributed by atoms with E-state index in [1.165, 1.54) is 6.07 Å². The van der Waals surface area contributed by atoms with Gasteiger partial charge in [-0.1, -0.05) is 18.2 Å². The zero-order valence-corrected chi connectivity index (χ0v) is 11.1. The highest BCUT2D eigenvalue weighted by Crippen LogP contribution is 2.27. The molecule has 2 rings (SSSR count). The summed E-state index contributed by atoms with van der Waals surface area (Å²) < 4.78 is 0. The number of carboxylic acids is 1. The molecule has 1 N–H and O–H groups in total. The molecule has 1 aliphatic rings. The highest BCUT2D eigenvalue weighted by molar-refractivity contribution is 5.91. The molecule has 5 nitrogen and oxygen atoms in total. The lowest BCUT2D eigenvalue weighted by Gasteiger charge is -2.21. The molecule has 1 aliphatic carbocycles. The maximum atomic E-state index is 12.3. The van der Waals surface area contributed by atoms with Gasteiger partial charge in [0.2, 0.25) is 5.91 Å². The van der Waals surface area contributed by atoms with Crippen LogP contribution in [0.5, 0.6) is 0 Å². The van der Waals surface area contributed by atoms with E-state index in [4.69, 9.17) is 10.4 Å². The highest BCUT2D eigenvalue weighted by Gasteiger charge is 2.32. The Balaban J connectivity index is 2.10. The summed E-state index contributed by atoms with van der Waals surface area (Å²) >= 11 is 0. The molecule has 1 amide bonds. The summed E-state index contributed by atoms with van der Waals surface area (Å²) in [6.45, 7) is 0.426. The van der Waals surface area contributed by atoms with Crippen LogP contribution in [0.15, 0.2) is 24.3 Å². The molecule has 0 heterocycles. The molecule has 1 saturated carbocycles. The van der Waals surface area contributed by atoms with Crippen LogP contribution in [0.3, 0.4) is 0 Å². The van der Waals surface area contributed by atoms with Gasteiger partial charge < -0.3 is 10.0 Å². The van der Waals surface area contributed by atoms with Gasteiger partial charge in [0, 0.05) is 12.6 Å². The van der Waals surface area contributed by atoms with Crippen molar-refractivity contribution in [2.24, 2.45) is 0 Å². The second-order valence-electron chi connectivity index (χ2n) is 4.87. The smallest absolute Gasteiger partial charge is 0.335 e. The van der Waals surface area contributed by atoms with Crippen LogP contribution in [0, 0.1) is 11.3 Å². The van der Waals surface area contributed by atoms with E-state index in [9.17, 15) is 9.59 Å². The van der Waals surface area contributed by atoms with Crippen molar-refractivity contribution in [1.29, 1.82) is 5.26 Å². The molecule has 1 fully saturated rings. The van der Waals surface area contributed by atoms with Gasteiger partial charge in [0.15, 0.2) is 0 Å². The predicted octanol–water partition coefficient (Wildman–Crippen LogP) is 1.83. The van der Waals surface area contributed by atoms with Crippen LogP contribution in [0.2, 0.25) is 0 Å². The van der Waals surface area contributed by atoms with Gasteiger partial charge in [-0.3, -0.25) is 4.79 Å². The molecule has 0 unspecified atom stereocenters. The Morgan fingerprint density at radius 2 is 2.05 bits per heavy atom. The summed E-state index contributed by atoms with van der Waals surface area (Å²) in [5, 5.41) is 17.8. The minimum Gasteiger partial charge on any atom is -0.478 e. The zero-order valence-electron chi connectivity index (χ0n) is 11.1. The van der Waals surface area contributed by atoms with Crippen molar-refractivity contribution in [3.63, 3.8) is 0 Å². The lowest BCUT2D eigenvalue weighted by molar-refractivity contribution is -0.131. The Hall–Kier alpha value is -2.35. The molecule has 104 valence electrons. The van der Waals surface area contributed by atoms with Gasteiger partial charge in [-0.2, -0.15) is 5.26 Å². The van der Waals surface area contributed by atoms with Crippen LogP contribution in [0.1, 0.15) is 35.2 Å². The van der Waals surface area contributed by atoms with Gasteiger partial charge in [-0.15, -0.1) is 0 Å². The van der Waals surface area contributed by atoms with Crippen LogP contribution in [0.4, 0.5) is 0 Å². The Kier molecular flexibility index (Phi) is 4.36. The fourth-order valence-corrected chi connectivity index (χ4v) is 2.22. The van der Waals surface area contributed by atoms with E-state index in [0.717, 1.165) is 12.8 Å². The first-order valence-electron chi connectivity index (χ1n) is 6.61. The van der Waals surface area contributed by atoms with Gasteiger partial charge in [0.25, 0.3) is 0 Å². The van der Waals surface area contributed by atoms with Crippen LogP contribution in [0.25, 0.3) is 0 Å². The number of carboxylic acid groups (broad SMARTS) is 1. The molecule has 0 saturated heterocycles. The third kappa shape index (κ3) is 3.35. The van der Waals surface area contributed by atoms with E-state index in [1.54, 1.807) is 23.1 Å². The second-order valence-corrected chi connectivity index (χ2v) is 4.87. The molecule has 0 aromatic heterocycles. The monoisotopic (exact) mass is 272 g/mol. The molecule has 0 atom stereocenters. The Labute approximate surface area is 117 Å². The third-order valence-electron chi connectivity index (χ3n) is 3.36. The van der Waals surface area contributed by atoms with Crippen molar-refractivity contribution >= 4 is 11.9 Å². The molecule has 0 spiro atoms. The number of aromatic carboxylic acids is 1. The minimum absolute atomic E-state index is 0.0738. The Morgan fingerprint density at radius 1 is 1.35 bits per heavy atom. The van der Waals surface area contributed by atoms with Gasteiger partial charge in [-0.25, -0.2) is 4.79 Å². The molecule has 5 heteroatoms. The summed E-state index contributed by atoms with van der Waals surface area (Å²) in [7, 11) is 0. The van der Waals surface area contributed by atoms with Gasteiger partial charge in [0.1, 0.15) is 0 Å². The van der Waals surface area contributed by atoms with E-state index in [-0.39, 0.29) is 23.9 Å². The van der Waals surface area contributed by atoms with Crippen molar-refractivity contribution in [3.05, 3.63) is 35.4 Å².